The van der Waals surface area contributed by atoms with Crippen molar-refractivity contribution in [3.63, 3.8) is 0 Å². The van der Waals surface area contributed by atoms with Crippen LogP contribution in [0.5, 0.6) is 0 Å². The number of hydrogen-bond acceptors (Lipinski definition) is 5. The van der Waals surface area contributed by atoms with E-state index in [-0.39, 0.29) is 5.91 Å². The van der Waals surface area contributed by atoms with Gasteiger partial charge in [0.1, 0.15) is 5.69 Å². The van der Waals surface area contributed by atoms with Gasteiger partial charge >= 0.3 is 0 Å². The Hall–Kier alpha value is -1.69. The van der Waals surface area contributed by atoms with Gasteiger partial charge < -0.3 is 15.1 Å². The second-order valence-electron chi connectivity index (χ2n) is 4.47. The van der Waals surface area contributed by atoms with Crippen LogP contribution in [0.1, 0.15) is 24.3 Å². The minimum atomic E-state index is -0.155. The zero-order valence-corrected chi connectivity index (χ0v) is 12.2. The smallest absolute Gasteiger partial charge is 0.270 e. The van der Waals surface area contributed by atoms with Gasteiger partial charge in [0.2, 0.25) is 5.95 Å². The molecule has 0 aliphatic heterocycles. The van der Waals surface area contributed by atoms with Crippen LogP contribution in [0.2, 0.25) is 0 Å². The molecule has 0 unspecified atom stereocenters. The van der Waals surface area contributed by atoms with Crippen LogP contribution < -0.4 is 10.2 Å². The summed E-state index contributed by atoms with van der Waals surface area (Å²) >= 11 is 0. The van der Waals surface area contributed by atoms with Crippen molar-refractivity contribution in [2.24, 2.45) is 0 Å². The highest BCUT2D eigenvalue weighted by Crippen LogP contribution is 2.06. The normalized spacial score (nSPS) is 10.6. The minimum Gasteiger partial charge on any atom is -0.349 e. The zero-order valence-electron chi connectivity index (χ0n) is 12.2. The number of carbonyl (C=O) groups is 1. The third-order valence-electron chi connectivity index (χ3n) is 2.77. The van der Waals surface area contributed by atoms with Gasteiger partial charge in [0, 0.05) is 32.4 Å². The Balaban J connectivity index is 2.67. The third kappa shape index (κ3) is 4.82. The van der Waals surface area contributed by atoms with Gasteiger partial charge in [-0.2, -0.15) is 0 Å². The number of hydrogen-bond donors (Lipinski definition) is 1. The maximum atomic E-state index is 11.9. The van der Waals surface area contributed by atoms with Gasteiger partial charge in [-0.1, -0.05) is 0 Å². The molecule has 1 aromatic rings. The Kier molecular flexibility index (Phi) is 6.21. The summed E-state index contributed by atoms with van der Waals surface area (Å²) in [4.78, 5) is 24.5. The standard InChI is InChI=1S/C13H23N5O/c1-5-18(6-2)13-15-8-7-11(16-13)12(19)14-9-10-17(3)4/h7-8H,5-6,9-10H2,1-4H3,(H,14,19). The monoisotopic (exact) mass is 265 g/mol. The molecule has 0 atom stereocenters. The van der Waals surface area contributed by atoms with E-state index in [4.69, 9.17) is 0 Å². The molecule has 0 saturated heterocycles. The number of carbonyl (C=O) groups excluding carboxylic acids is 1. The van der Waals surface area contributed by atoms with Crippen LogP contribution in [-0.4, -0.2) is 61.0 Å². The molecule has 6 heteroatoms. The summed E-state index contributed by atoms with van der Waals surface area (Å²) in [5.41, 5.74) is 0.413. The van der Waals surface area contributed by atoms with Gasteiger partial charge in [-0.15, -0.1) is 0 Å². The quantitative estimate of drug-likeness (QED) is 0.783. The molecule has 0 aliphatic rings. The molecule has 0 saturated carbocycles. The van der Waals surface area contributed by atoms with Gasteiger partial charge in [-0.25, -0.2) is 9.97 Å². The number of aromatic nitrogens is 2. The van der Waals surface area contributed by atoms with E-state index in [1.54, 1.807) is 12.3 Å². The van der Waals surface area contributed by atoms with Crippen LogP contribution in [0.3, 0.4) is 0 Å². The fraction of sp³-hybridized carbons (Fsp3) is 0.615. The van der Waals surface area contributed by atoms with Crippen LogP contribution in [0, 0.1) is 0 Å². The molecule has 1 heterocycles. The van der Waals surface area contributed by atoms with E-state index >= 15 is 0 Å². The Bertz CT molecular complexity index is 404. The molecule has 1 amide bonds. The highest BCUT2D eigenvalue weighted by molar-refractivity contribution is 5.92. The molecule has 106 valence electrons. The molecule has 1 N–H and O–H groups in total. The largest absolute Gasteiger partial charge is 0.349 e. The van der Waals surface area contributed by atoms with Crippen LogP contribution in [0.25, 0.3) is 0 Å². The maximum absolute atomic E-state index is 11.9. The highest BCUT2D eigenvalue weighted by Gasteiger charge is 2.11. The van der Waals surface area contributed by atoms with Crippen molar-refractivity contribution in [2.45, 2.75) is 13.8 Å². The molecule has 0 aliphatic carbocycles. The molecule has 1 aromatic heterocycles. The van der Waals surface area contributed by atoms with Gasteiger partial charge in [0.15, 0.2) is 0 Å². The van der Waals surface area contributed by atoms with E-state index in [1.165, 1.54) is 0 Å². The molecular formula is C13H23N5O. The summed E-state index contributed by atoms with van der Waals surface area (Å²) in [7, 11) is 3.94. The summed E-state index contributed by atoms with van der Waals surface area (Å²) in [6, 6.07) is 1.64. The predicted molar refractivity (Wildman–Crippen MR) is 76.5 cm³/mol. The molecule has 0 fully saturated rings. The van der Waals surface area contributed by atoms with Crippen molar-refractivity contribution in [1.82, 2.24) is 20.2 Å². The third-order valence-corrected chi connectivity index (χ3v) is 2.77. The van der Waals surface area contributed by atoms with Crippen LogP contribution in [0.15, 0.2) is 12.3 Å². The average Bonchev–Trinajstić information content (AvgIpc) is 2.40. The van der Waals surface area contributed by atoms with Gasteiger partial charge in [0.05, 0.1) is 0 Å². The second-order valence-corrected chi connectivity index (χ2v) is 4.47. The van der Waals surface area contributed by atoms with Crippen LogP contribution in [-0.2, 0) is 0 Å². The maximum Gasteiger partial charge on any atom is 0.270 e. The lowest BCUT2D eigenvalue weighted by molar-refractivity contribution is 0.0946. The minimum absolute atomic E-state index is 0.155. The van der Waals surface area contributed by atoms with E-state index in [1.807, 2.05) is 37.7 Å². The van der Waals surface area contributed by atoms with Crippen molar-refractivity contribution in [2.75, 3.05) is 45.2 Å². The van der Waals surface area contributed by atoms with E-state index in [2.05, 4.69) is 15.3 Å². The Morgan fingerprint density at radius 3 is 2.58 bits per heavy atom. The Morgan fingerprint density at radius 2 is 2.00 bits per heavy atom. The van der Waals surface area contributed by atoms with Crippen molar-refractivity contribution in [1.29, 1.82) is 0 Å². The summed E-state index contributed by atoms with van der Waals surface area (Å²) in [6.07, 6.45) is 1.63. The van der Waals surface area contributed by atoms with Crippen LogP contribution in [0.4, 0.5) is 5.95 Å². The molecular weight excluding hydrogens is 242 g/mol. The Labute approximate surface area is 114 Å². The van der Waals surface area contributed by atoms with Gasteiger partial charge in [0.25, 0.3) is 5.91 Å². The topological polar surface area (TPSA) is 61.4 Å². The molecule has 1 rings (SSSR count). The number of likely N-dealkylation sites (N-methyl/N-ethyl adjacent to an activating group) is 1. The number of rotatable bonds is 7. The van der Waals surface area contributed by atoms with Crippen LogP contribution >= 0.6 is 0 Å². The number of nitrogens with one attached hydrogen (secondary N) is 1. The summed E-state index contributed by atoms with van der Waals surface area (Å²) in [5.74, 6) is 0.447. The fourth-order valence-corrected chi connectivity index (χ4v) is 1.62. The van der Waals surface area contributed by atoms with Crippen molar-refractivity contribution in [3.05, 3.63) is 18.0 Å². The van der Waals surface area contributed by atoms with Crippen molar-refractivity contribution < 1.29 is 4.79 Å². The lowest BCUT2D eigenvalue weighted by Crippen LogP contribution is -2.32. The molecule has 0 bridgehead atoms. The van der Waals surface area contributed by atoms with E-state index in [9.17, 15) is 4.79 Å². The Morgan fingerprint density at radius 1 is 1.32 bits per heavy atom. The molecule has 0 radical (unpaired) electrons. The SMILES string of the molecule is CCN(CC)c1nccc(C(=O)NCCN(C)C)n1. The second kappa shape index (κ2) is 7.68. The number of amides is 1. The van der Waals surface area contributed by atoms with E-state index in [0.717, 1.165) is 19.6 Å². The first kappa shape index (κ1) is 15.4. The van der Waals surface area contributed by atoms with Crippen molar-refractivity contribution >= 4 is 11.9 Å². The molecule has 0 aromatic carbocycles. The number of anilines is 1. The molecule has 6 nitrogen and oxygen atoms in total. The highest BCUT2D eigenvalue weighted by atomic mass is 16.1. The first-order valence-corrected chi connectivity index (χ1v) is 6.59. The summed E-state index contributed by atoms with van der Waals surface area (Å²) in [6.45, 7) is 7.13. The first-order valence-electron chi connectivity index (χ1n) is 6.59. The fourth-order valence-electron chi connectivity index (χ4n) is 1.62. The van der Waals surface area contributed by atoms with Crippen molar-refractivity contribution in [3.8, 4) is 0 Å². The predicted octanol–water partition coefficient (Wildman–Crippen LogP) is 0.614. The lowest BCUT2D eigenvalue weighted by atomic mass is 10.3. The van der Waals surface area contributed by atoms with Gasteiger partial charge in [-0.3, -0.25) is 4.79 Å². The zero-order chi connectivity index (χ0) is 14.3. The summed E-state index contributed by atoms with van der Waals surface area (Å²) < 4.78 is 0. The molecule has 0 spiro atoms. The summed E-state index contributed by atoms with van der Waals surface area (Å²) in [5, 5.41) is 2.84. The van der Waals surface area contributed by atoms with Gasteiger partial charge in [-0.05, 0) is 34.0 Å². The first-order chi connectivity index (χ1) is 9.08. The number of nitrogens with zero attached hydrogens (tertiary/aromatic N) is 4. The lowest BCUT2D eigenvalue weighted by Gasteiger charge is -2.18. The van der Waals surface area contributed by atoms with E-state index in [0.29, 0.717) is 18.2 Å². The van der Waals surface area contributed by atoms with E-state index < -0.39 is 0 Å². The average molecular weight is 265 g/mol. The molecule has 19 heavy (non-hydrogen) atoms.